The lowest BCUT2D eigenvalue weighted by atomic mass is 10.0. The van der Waals surface area contributed by atoms with Crippen LogP contribution < -0.4 is 11.1 Å². The van der Waals surface area contributed by atoms with Crippen LogP contribution in [-0.4, -0.2) is 9.97 Å². The van der Waals surface area contributed by atoms with E-state index in [1.54, 1.807) is 6.20 Å². The first kappa shape index (κ1) is 11.4. The predicted molar refractivity (Wildman–Crippen MR) is 70.3 cm³/mol. The summed E-state index contributed by atoms with van der Waals surface area (Å²) >= 11 is 0. The molecule has 17 heavy (non-hydrogen) atoms. The molecule has 0 unspecified atom stereocenters. The van der Waals surface area contributed by atoms with Gasteiger partial charge in [-0.2, -0.15) is 0 Å². The van der Waals surface area contributed by atoms with Crippen molar-refractivity contribution in [2.24, 2.45) is 0 Å². The van der Waals surface area contributed by atoms with Crippen LogP contribution in [0.2, 0.25) is 0 Å². The molecule has 1 heterocycles. The number of rotatable bonds is 3. The van der Waals surface area contributed by atoms with Crippen LogP contribution >= 0.6 is 0 Å². The second-order valence-corrected chi connectivity index (χ2v) is 4.23. The van der Waals surface area contributed by atoms with Gasteiger partial charge in [0.15, 0.2) is 5.82 Å². The molecule has 0 aliphatic rings. The number of nitrogens with two attached hydrogens (primary N) is 1. The maximum atomic E-state index is 5.76. The van der Waals surface area contributed by atoms with Crippen LogP contribution in [0.25, 0.3) is 0 Å². The summed E-state index contributed by atoms with van der Waals surface area (Å²) in [5.41, 5.74) is 8.58. The van der Waals surface area contributed by atoms with Gasteiger partial charge in [-0.1, -0.05) is 26.0 Å². The van der Waals surface area contributed by atoms with Gasteiger partial charge in [-0.05, 0) is 23.6 Å². The van der Waals surface area contributed by atoms with E-state index in [1.807, 2.05) is 12.1 Å². The number of anilines is 3. The summed E-state index contributed by atoms with van der Waals surface area (Å²) in [4.78, 5) is 7.93. The average molecular weight is 228 g/mol. The SMILES string of the molecule is CC(C)c1ccc(Nc2ncncc2N)cc1. The molecule has 4 heteroatoms. The Balaban J connectivity index is 2.17. The van der Waals surface area contributed by atoms with E-state index in [2.05, 4.69) is 41.3 Å². The highest BCUT2D eigenvalue weighted by Gasteiger charge is 2.02. The van der Waals surface area contributed by atoms with Crippen molar-refractivity contribution >= 4 is 17.2 Å². The van der Waals surface area contributed by atoms with Crippen LogP contribution in [0.3, 0.4) is 0 Å². The van der Waals surface area contributed by atoms with Gasteiger partial charge >= 0.3 is 0 Å². The first-order valence-corrected chi connectivity index (χ1v) is 5.59. The zero-order valence-corrected chi connectivity index (χ0v) is 10.0. The standard InChI is InChI=1S/C13H16N4/c1-9(2)10-3-5-11(6-4-10)17-13-12(14)7-15-8-16-13/h3-9H,14H2,1-2H3,(H,15,16,17). The van der Waals surface area contributed by atoms with E-state index in [0.29, 0.717) is 17.4 Å². The summed E-state index contributed by atoms with van der Waals surface area (Å²) in [6.45, 7) is 4.34. The lowest BCUT2D eigenvalue weighted by molar-refractivity contribution is 0.867. The molecule has 0 saturated heterocycles. The topological polar surface area (TPSA) is 63.8 Å². The Morgan fingerprint density at radius 2 is 1.88 bits per heavy atom. The maximum absolute atomic E-state index is 5.76. The van der Waals surface area contributed by atoms with Gasteiger partial charge in [0.1, 0.15) is 6.33 Å². The normalized spacial score (nSPS) is 10.5. The van der Waals surface area contributed by atoms with Crippen LogP contribution in [0.4, 0.5) is 17.2 Å². The summed E-state index contributed by atoms with van der Waals surface area (Å²) in [6.07, 6.45) is 3.05. The molecule has 0 bridgehead atoms. The number of nitrogens with zero attached hydrogens (tertiary/aromatic N) is 2. The minimum Gasteiger partial charge on any atom is -0.394 e. The summed E-state index contributed by atoms with van der Waals surface area (Å²) in [6, 6.07) is 8.25. The molecule has 4 nitrogen and oxygen atoms in total. The van der Waals surface area contributed by atoms with Gasteiger partial charge in [0.05, 0.1) is 11.9 Å². The zero-order chi connectivity index (χ0) is 12.3. The maximum Gasteiger partial charge on any atom is 0.157 e. The first-order valence-electron chi connectivity index (χ1n) is 5.59. The van der Waals surface area contributed by atoms with Gasteiger partial charge in [-0.15, -0.1) is 0 Å². The van der Waals surface area contributed by atoms with Crippen LogP contribution in [-0.2, 0) is 0 Å². The van der Waals surface area contributed by atoms with Crippen LogP contribution in [0.1, 0.15) is 25.3 Å². The minimum absolute atomic E-state index is 0.535. The molecule has 0 aliphatic carbocycles. The van der Waals surface area contributed by atoms with Crippen molar-refractivity contribution in [1.82, 2.24) is 9.97 Å². The fourth-order valence-electron chi connectivity index (χ4n) is 1.53. The Bertz CT molecular complexity index is 491. The van der Waals surface area contributed by atoms with Crippen LogP contribution in [0.15, 0.2) is 36.8 Å². The van der Waals surface area contributed by atoms with Gasteiger partial charge in [0.2, 0.25) is 0 Å². The van der Waals surface area contributed by atoms with E-state index in [9.17, 15) is 0 Å². The Hall–Kier alpha value is -2.10. The molecule has 3 N–H and O–H groups in total. The van der Waals surface area contributed by atoms with Crippen molar-refractivity contribution in [3.63, 3.8) is 0 Å². The monoisotopic (exact) mass is 228 g/mol. The smallest absolute Gasteiger partial charge is 0.157 e. The fourth-order valence-corrected chi connectivity index (χ4v) is 1.53. The zero-order valence-electron chi connectivity index (χ0n) is 10.0. The highest BCUT2D eigenvalue weighted by atomic mass is 15.0. The Morgan fingerprint density at radius 1 is 1.18 bits per heavy atom. The molecule has 2 rings (SSSR count). The van der Waals surface area contributed by atoms with Gasteiger partial charge in [-0.25, -0.2) is 9.97 Å². The number of nitrogens with one attached hydrogen (secondary N) is 1. The number of nitrogen functional groups attached to an aromatic ring is 1. The fraction of sp³-hybridized carbons (Fsp3) is 0.231. The Kier molecular flexibility index (Phi) is 3.23. The van der Waals surface area contributed by atoms with E-state index in [4.69, 9.17) is 5.73 Å². The van der Waals surface area contributed by atoms with Gasteiger partial charge in [0.25, 0.3) is 0 Å². The summed E-state index contributed by atoms with van der Waals surface area (Å²) in [5.74, 6) is 1.17. The molecular weight excluding hydrogens is 212 g/mol. The third-order valence-electron chi connectivity index (χ3n) is 2.58. The van der Waals surface area contributed by atoms with E-state index < -0.39 is 0 Å². The van der Waals surface area contributed by atoms with Gasteiger partial charge in [-0.3, -0.25) is 0 Å². The van der Waals surface area contributed by atoms with Crippen LogP contribution in [0, 0.1) is 0 Å². The van der Waals surface area contributed by atoms with Crippen molar-refractivity contribution in [3.05, 3.63) is 42.4 Å². The minimum atomic E-state index is 0.535. The molecule has 1 aromatic heterocycles. The molecule has 0 amide bonds. The van der Waals surface area contributed by atoms with Crippen molar-refractivity contribution in [1.29, 1.82) is 0 Å². The summed E-state index contributed by atoms with van der Waals surface area (Å²) < 4.78 is 0. The third-order valence-corrected chi connectivity index (χ3v) is 2.58. The third kappa shape index (κ3) is 2.72. The highest BCUT2D eigenvalue weighted by Crippen LogP contribution is 2.21. The lowest BCUT2D eigenvalue weighted by Crippen LogP contribution is -1.99. The van der Waals surface area contributed by atoms with E-state index in [1.165, 1.54) is 11.9 Å². The molecule has 0 atom stereocenters. The quantitative estimate of drug-likeness (QED) is 0.847. The predicted octanol–water partition coefficient (Wildman–Crippen LogP) is 2.93. The Labute approximate surface area is 101 Å². The largest absolute Gasteiger partial charge is 0.394 e. The molecule has 0 radical (unpaired) electrons. The molecule has 0 spiro atoms. The molecule has 0 aliphatic heterocycles. The Morgan fingerprint density at radius 3 is 2.47 bits per heavy atom. The first-order chi connectivity index (χ1) is 8.16. The van der Waals surface area contributed by atoms with Crippen molar-refractivity contribution in [2.45, 2.75) is 19.8 Å². The molecule has 88 valence electrons. The van der Waals surface area contributed by atoms with Gasteiger partial charge in [0, 0.05) is 5.69 Å². The average Bonchev–Trinajstić information content (AvgIpc) is 2.33. The van der Waals surface area contributed by atoms with Crippen molar-refractivity contribution in [2.75, 3.05) is 11.1 Å². The highest BCUT2D eigenvalue weighted by molar-refractivity contribution is 5.67. The second-order valence-electron chi connectivity index (χ2n) is 4.23. The number of benzene rings is 1. The van der Waals surface area contributed by atoms with Crippen LogP contribution in [0.5, 0.6) is 0 Å². The second kappa shape index (κ2) is 4.82. The number of aromatic nitrogens is 2. The molecule has 1 aromatic carbocycles. The lowest BCUT2D eigenvalue weighted by Gasteiger charge is -2.09. The molecule has 2 aromatic rings. The van der Waals surface area contributed by atoms with E-state index in [-0.39, 0.29) is 0 Å². The van der Waals surface area contributed by atoms with Gasteiger partial charge < -0.3 is 11.1 Å². The summed E-state index contributed by atoms with van der Waals surface area (Å²) in [5, 5.41) is 3.16. The number of hydrogen-bond donors (Lipinski definition) is 2. The molecule has 0 fully saturated rings. The van der Waals surface area contributed by atoms with E-state index in [0.717, 1.165) is 5.69 Å². The molecule has 0 saturated carbocycles. The van der Waals surface area contributed by atoms with Crippen molar-refractivity contribution < 1.29 is 0 Å². The van der Waals surface area contributed by atoms with Crippen molar-refractivity contribution in [3.8, 4) is 0 Å². The molecular formula is C13H16N4. The van der Waals surface area contributed by atoms with E-state index >= 15 is 0 Å². The summed E-state index contributed by atoms with van der Waals surface area (Å²) in [7, 11) is 0. The number of hydrogen-bond acceptors (Lipinski definition) is 4.